The van der Waals surface area contributed by atoms with Crippen molar-refractivity contribution >= 4 is 36.0 Å². The van der Waals surface area contributed by atoms with Gasteiger partial charge in [0.05, 0.1) is 0 Å². The second-order valence-corrected chi connectivity index (χ2v) is 6.96. The number of halogens is 1. The van der Waals surface area contributed by atoms with Gasteiger partial charge < -0.3 is 21.3 Å². The van der Waals surface area contributed by atoms with E-state index in [2.05, 4.69) is 24.5 Å². The monoisotopic (exact) mass is 437 g/mol. The smallest absolute Gasteiger partial charge is 0.314 e. The third-order valence-electron chi connectivity index (χ3n) is 4.92. The number of hydrogen-bond acceptors (Lipinski definition) is 2. The van der Waals surface area contributed by atoms with Gasteiger partial charge in [-0.15, -0.1) is 24.0 Å². The summed E-state index contributed by atoms with van der Waals surface area (Å²) in [7, 11) is 0. The highest BCUT2D eigenvalue weighted by Gasteiger charge is 2.28. The Bertz CT molecular complexity index is 401. The lowest BCUT2D eigenvalue weighted by atomic mass is 9.89. The molecule has 2 amide bonds. The van der Waals surface area contributed by atoms with Crippen molar-refractivity contribution < 1.29 is 4.79 Å². The molecule has 4 N–H and O–H groups in total. The maximum atomic E-state index is 11.2. The largest absolute Gasteiger partial charge is 0.357 e. The van der Waals surface area contributed by atoms with Crippen molar-refractivity contribution in [1.29, 1.82) is 0 Å². The van der Waals surface area contributed by atoms with E-state index >= 15 is 0 Å². The number of hydrogen-bond donors (Lipinski definition) is 3. The Balaban J connectivity index is 0.00000264. The van der Waals surface area contributed by atoms with Crippen LogP contribution in [0, 0.1) is 5.41 Å². The summed E-state index contributed by atoms with van der Waals surface area (Å²) in [6, 6.07) is 0.0537. The second kappa shape index (κ2) is 9.54. The van der Waals surface area contributed by atoms with E-state index in [9.17, 15) is 4.79 Å². The molecule has 0 aromatic rings. The van der Waals surface area contributed by atoms with Crippen LogP contribution < -0.4 is 16.4 Å². The predicted octanol–water partition coefficient (Wildman–Crippen LogP) is 2.28. The zero-order chi connectivity index (χ0) is 16.0. The van der Waals surface area contributed by atoms with Gasteiger partial charge in [-0.25, -0.2) is 4.79 Å². The van der Waals surface area contributed by atoms with Crippen molar-refractivity contribution in [2.45, 2.75) is 58.4 Å². The summed E-state index contributed by atoms with van der Waals surface area (Å²) in [5.74, 6) is 0.910. The lowest BCUT2D eigenvalue weighted by Crippen LogP contribution is -2.50. The van der Waals surface area contributed by atoms with Crippen molar-refractivity contribution in [1.82, 2.24) is 15.5 Å². The van der Waals surface area contributed by atoms with Crippen LogP contribution in [-0.4, -0.2) is 49.1 Å². The van der Waals surface area contributed by atoms with Crippen LogP contribution >= 0.6 is 24.0 Å². The Hall–Kier alpha value is -0.730. The van der Waals surface area contributed by atoms with Crippen LogP contribution in [0.5, 0.6) is 0 Å². The molecule has 134 valence electrons. The Kier molecular flexibility index (Phi) is 8.42. The summed E-state index contributed by atoms with van der Waals surface area (Å²) in [6.45, 7) is 7.64. The molecule has 0 unspecified atom stereocenters. The molecule has 0 atom stereocenters. The zero-order valence-electron chi connectivity index (χ0n) is 14.4. The minimum atomic E-state index is -0.312. The van der Waals surface area contributed by atoms with E-state index in [0.717, 1.165) is 45.0 Å². The number of piperidine rings is 1. The summed E-state index contributed by atoms with van der Waals surface area (Å²) >= 11 is 0. The number of primary amides is 1. The van der Waals surface area contributed by atoms with Gasteiger partial charge in [0.15, 0.2) is 5.96 Å². The molecule has 2 aliphatic rings. The van der Waals surface area contributed by atoms with Gasteiger partial charge in [-0.05, 0) is 38.0 Å². The van der Waals surface area contributed by atoms with Crippen LogP contribution in [-0.2, 0) is 0 Å². The average molecular weight is 437 g/mol. The molecule has 1 saturated heterocycles. The first-order valence-electron chi connectivity index (χ1n) is 8.62. The molecular formula is C16H32IN5O. The molecule has 23 heavy (non-hydrogen) atoms. The molecule has 1 saturated carbocycles. The Morgan fingerprint density at radius 3 is 2.43 bits per heavy atom. The predicted molar refractivity (Wildman–Crippen MR) is 105 cm³/mol. The van der Waals surface area contributed by atoms with Crippen LogP contribution in [0.1, 0.15) is 52.4 Å². The zero-order valence-corrected chi connectivity index (χ0v) is 16.8. The first-order chi connectivity index (χ1) is 10.5. The number of aliphatic imine (C=N–C) groups is 1. The maximum absolute atomic E-state index is 11.2. The standard InChI is InChI=1S/C16H31N5O.HI/c1-3-18-15(19-12-16(2)8-4-5-9-16)20-13-6-10-21(11-7-13)14(17)22;/h13H,3-12H2,1-2H3,(H2,17,22)(H2,18,19,20);1H. The average Bonchev–Trinajstić information content (AvgIpc) is 2.93. The van der Waals surface area contributed by atoms with E-state index in [4.69, 9.17) is 10.7 Å². The fourth-order valence-corrected chi connectivity index (χ4v) is 3.41. The van der Waals surface area contributed by atoms with Gasteiger partial charge in [0, 0.05) is 32.2 Å². The Labute approximate surface area is 157 Å². The van der Waals surface area contributed by atoms with Gasteiger partial charge in [-0.2, -0.15) is 0 Å². The third kappa shape index (κ3) is 6.35. The SMILES string of the molecule is CCNC(=NCC1(C)CCCC1)NC1CCN(C(N)=O)CC1.I. The number of nitrogens with one attached hydrogen (secondary N) is 2. The molecule has 6 nitrogen and oxygen atoms in total. The highest BCUT2D eigenvalue weighted by atomic mass is 127. The molecule has 0 radical (unpaired) electrons. The van der Waals surface area contributed by atoms with E-state index in [1.54, 1.807) is 4.90 Å². The highest BCUT2D eigenvalue weighted by Crippen LogP contribution is 2.37. The number of carbonyl (C=O) groups is 1. The van der Waals surface area contributed by atoms with Crippen LogP contribution in [0.15, 0.2) is 4.99 Å². The number of nitrogens with zero attached hydrogens (tertiary/aromatic N) is 2. The topological polar surface area (TPSA) is 82.8 Å². The number of urea groups is 1. The molecule has 2 rings (SSSR count). The van der Waals surface area contributed by atoms with Crippen LogP contribution in [0.4, 0.5) is 4.79 Å². The third-order valence-corrected chi connectivity index (χ3v) is 4.92. The van der Waals surface area contributed by atoms with Gasteiger partial charge in [-0.3, -0.25) is 4.99 Å². The molecule has 0 bridgehead atoms. The van der Waals surface area contributed by atoms with E-state index in [-0.39, 0.29) is 30.0 Å². The molecular weight excluding hydrogens is 405 g/mol. The fourth-order valence-electron chi connectivity index (χ4n) is 3.41. The maximum Gasteiger partial charge on any atom is 0.314 e. The number of nitrogens with two attached hydrogens (primary N) is 1. The first kappa shape index (κ1) is 20.3. The minimum Gasteiger partial charge on any atom is -0.357 e. The molecule has 1 aliphatic heterocycles. The molecule has 2 fully saturated rings. The Morgan fingerprint density at radius 1 is 1.30 bits per heavy atom. The Morgan fingerprint density at radius 2 is 1.91 bits per heavy atom. The molecule has 0 aromatic heterocycles. The quantitative estimate of drug-likeness (QED) is 0.359. The van der Waals surface area contributed by atoms with Crippen molar-refractivity contribution in [2.75, 3.05) is 26.2 Å². The highest BCUT2D eigenvalue weighted by molar-refractivity contribution is 14.0. The van der Waals surface area contributed by atoms with Crippen LogP contribution in [0.25, 0.3) is 0 Å². The van der Waals surface area contributed by atoms with E-state index in [1.807, 2.05) is 0 Å². The lowest BCUT2D eigenvalue weighted by Gasteiger charge is -2.32. The second-order valence-electron chi connectivity index (χ2n) is 6.96. The van der Waals surface area contributed by atoms with Crippen molar-refractivity contribution in [2.24, 2.45) is 16.1 Å². The summed E-state index contributed by atoms with van der Waals surface area (Å²) in [5.41, 5.74) is 5.70. The molecule has 1 heterocycles. The number of amides is 2. The number of carbonyl (C=O) groups excluding carboxylic acids is 1. The first-order valence-corrected chi connectivity index (χ1v) is 8.62. The van der Waals surface area contributed by atoms with Crippen molar-refractivity contribution in [3.8, 4) is 0 Å². The molecule has 0 aromatic carbocycles. The van der Waals surface area contributed by atoms with E-state index in [1.165, 1.54) is 25.7 Å². The fraction of sp³-hybridized carbons (Fsp3) is 0.875. The number of likely N-dealkylation sites (tertiary alicyclic amines) is 1. The van der Waals surface area contributed by atoms with Crippen molar-refractivity contribution in [3.05, 3.63) is 0 Å². The molecule has 1 aliphatic carbocycles. The van der Waals surface area contributed by atoms with Crippen LogP contribution in [0.3, 0.4) is 0 Å². The van der Waals surface area contributed by atoms with Gasteiger partial charge in [-0.1, -0.05) is 19.8 Å². The lowest BCUT2D eigenvalue weighted by molar-refractivity contribution is 0.188. The van der Waals surface area contributed by atoms with Crippen molar-refractivity contribution in [3.63, 3.8) is 0 Å². The van der Waals surface area contributed by atoms with Gasteiger partial charge in [0.1, 0.15) is 0 Å². The van der Waals surface area contributed by atoms with Crippen LogP contribution in [0.2, 0.25) is 0 Å². The minimum absolute atomic E-state index is 0. The van der Waals surface area contributed by atoms with Gasteiger partial charge in [0.25, 0.3) is 0 Å². The van der Waals surface area contributed by atoms with E-state index in [0.29, 0.717) is 11.5 Å². The molecule has 0 spiro atoms. The summed E-state index contributed by atoms with van der Waals surface area (Å²) in [4.78, 5) is 17.7. The van der Waals surface area contributed by atoms with Gasteiger partial charge in [0.2, 0.25) is 0 Å². The van der Waals surface area contributed by atoms with Gasteiger partial charge >= 0.3 is 6.03 Å². The summed E-state index contributed by atoms with van der Waals surface area (Å²) in [5, 5.41) is 6.86. The number of guanidine groups is 1. The number of rotatable bonds is 4. The van der Waals surface area contributed by atoms with E-state index < -0.39 is 0 Å². The summed E-state index contributed by atoms with van der Waals surface area (Å²) in [6.07, 6.45) is 7.08. The normalized spacial score (nSPS) is 21.7. The summed E-state index contributed by atoms with van der Waals surface area (Å²) < 4.78 is 0. The molecule has 7 heteroatoms.